The second-order valence-corrected chi connectivity index (χ2v) is 9.92. The number of halogens is 1. The maximum absolute atomic E-state index is 12.9. The Hall–Kier alpha value is -4.02. The normalized spacial score (nSPS) is 13.4. The maximum atomic E-state index is 12.9. The molecule has 194 valence electrons. The zero-order chi connectivity index (χ0) is 26.8. The Kier molecular flexibility index (Phi) is 7.26. The number of anilines is 2. The average molecular weight is 550 g/mol. The first kappa shape index (κ1) is 25.6. The van der Waals surface area contributed by atoms with Gasteiger partial charge in [-0.2, -0.15) is 0 Å². The van der Waals surface area contributed by atoms with Crippen LogP contribution in [0.4, 0.5) is 17.1 Å². The molecule has 11 heteroatoms. The monoisotopic (exact) mass is 549 g/mol. The number of aromatic nitrogens is 1. The lowest BCUT2D eigenvalue weighted by molar-refractivity contribution is -0.384. The van der Waals surface area contributed by atoms with E-state index in [0.717, 1.165) is 37.9 Å². The molecule has 1 aliphatic rings. The maximum Gasteiger partial charge on any atom is 0.293 e. The smallest absolute Gasteiger partial charge is 0.293 e. The van der Waals surface area contributed by atoms with Crippen molar-refractivity contribution in [2.24, 2.45) is 0 Å². The van der Waals surface area contributed by atoms with Crippen molar-refractivity contribution < 1.29 is 14.1 Å². The Morgan fingerprint density at radius 1 is 1.11 bits per heavy atom. The standard InChI is InChI=1S/C27H24ClN5O4S/c1-16-5-9-21-24(13-16)37-26(30-21)19-15-18(7-8-20(19)28)29-27(38)31-25(34)17-6-10-22(23(14-17)33(35)36)32-11-3-2-4-12-32/h5-10,13-15H,2-4,11-12H2,1H3,(H2,29,31,34,38). The number of aryl methyl sites for hydroxylation is 1. The van der Waals surface area contributed by atoms with Crippen molar-refractivity contribution in [2.75, 3.05) is 23.3 Å². The first-order valence-corrected chi connectivity index (χ1v) is 12.9. The second-order valence-electron chi connectivity index (χ2n) is 9.10. The molecule has 0 aliphatic carbocycles. The largest absolute Gasteiger partial charge is 0.436 e. The fourth-order valence-corrected chi connectivity index (χ4v) is 4.87. The van der Waals surface area contributed by atoms with Crippen LogP contribution < -0.4 is 15.5 Å². The molecule has 1 aromatic heterocycles. The van der Waals surface area contributed by atoms with E-state index in [1.807, 2.05) is 30.0 Å². The van der Waals surface area contributed by atoms with Gasteiger partial charge >= 0.3 is 0 Å². The van der Waals surface area contributed by atoms with Crippen molar-refractivity contribution in [1.82, 2.24) is 10.3 Å². The van der Waals surface area contributed by atoms with Crippen LogP contribution in [0.15, 0.2) is 59.0 Å². The van der Waals surface area contributed by atoms with Gasteiger partial charge in [-0.25, -0.2) is 4.98 Å². The first-order valence-electron chi connectivity index (χ1n) is 12.1. The summed E-state index contributed by atoms with van der Waals surface area (Å²) in [5.74, 6) is -0.199. The molecule has 4 aromatic rings. The minimum Gasteiger partial charge on any atom is -0.436 e. The van der Waals surface area contributed by atoms with Gasteiger partial charge in [0.05, 0.1) is 15.5 Å². The van der Waals surface area contributed by atoms with Gasteiger partial charge in [0.1, 0.15) is 11.2 Å². The molecule has 2 heterocycles. The summed E-state index contributed by atoms with van der Waals surface area (Å²) >= 11 is 11.7. The van der Waals surface area contributed by atoms with E-state index in [1.54, 1.807) is 30.3 Å². The van der Waals surface area contributed by atoms with Gasteiger partial charge in [0, 0.05) is 30.4 Å². The van der Waals surface area contributed by atoms with Gasteiger partial charge in [0.2, 0.25) is 5.89 Å². The molecule has 0 atom stereocenters. The molecule has 0 unspecified atom stereocenters. The summed E-state index contributed by atoms with van der Waals surface area (Å²) in [7, 11) is 0. The zero-order valence-electron chi connectivity index (χ0n) is 20.5. The van der Waals surface area contributed by atoms with Gasteiger partial charge in [-0.1, -0.05) is 17.7 Å². The van der Waals surface area contributed by atoms with E-state index in [0.29, 0.717) is 39.0 Å². The van der Waals surface area contributed by atoms with Crippen LogP contribution in [0.25, 0.3) is 22.6 Å². The predicted octanol–water partition coefficient (Wildman–Crippen LogP) is 6.48. The van der Waals surface area contributed by atoms with Crippen molar-refractivity contribution in [1.29, 1.82) is 0 Å². The Balaban J connectivity index is 1.31. The number of nitrogens with one attached hydrogen (secondary N) is 2. The minimum atomic E-state index is -0.556. The van der Waals surface area contributed by atoms with Crippen LogP contribution in [-0.2, 0) is 0 Å². The fraction of sp³-hybridized carbons (Fsp3) is 0.222. The lowest BCUT2D eigenvalue weighted by Crippen LogP contribution is -2.34. The van der Waals surface area contributed by atoms with E-state index in [-0.39, 0.29) is 16.4 Å². The zero-order valence-corrected chi connectivity index (χ0v) is 22.1. The number of hydrogen-bond acceptors (Lipinski definition) is 7. The second kappa shape index (κ2) is 10.8. The number of thiocarbonyl (C=S) groups is 1. The molecule has 1 amide bonds. The Labute approximate surface area is 228 Å². The fourth-order valence-electron chi connectivity index (χ4n) is 4.46. The van der Waals surface area contributed by atoms with Gasteiger partial charge in [-0.15, -0.1) is 0 Å². The number of oxazole rings is 1. The van der Waals surface area contributed by atoms with Gasteiger partial charge in [0.15, 0.2) is 10.7 Å². The molecule has 0 saturated carbocycles. The number of carbonyl (C=O) groups is 1. The van der Waals surface area contributed by atoms with Crippen molar-refractivity contribution >= 4 is 63.0 Å². The number of piperidine rings is 1. The highest BCUT2D eigenvalue weighted by atomic mass is 35.5. The topological polar surface area (TPSA) is 114 Å². The highest BCUT2D eigenvalue weighted by Gasteiger charge is 2.23. The number of hydrogen-bond donors (Lipinski definition) is 2. The third-order valence-corrected chi connectivity index (χ3v) is 6.89. The minimum absolute atomic E-state index is 0.0271. The molecule has 1 saturated heterocycles. The number of nitro groups is 1. The quantitative estimate of drug-likeness (QED) is 0.165. The molecule has 0 bridgehead atoms. The van der Waals surface area contributed by atoms with Gasteiger partial charge in [0.25, 0.3) is 11.6 Å². The van der Waals surface area contributed by atoms with Crippen LogP contribution in [0.1, 0.15) is 35.2 Å². The molecule has 1 fully saturated rings. The summed E-state index contributed by atoms with van der Waals surface area (Å²) in [5.41, 5.74) is 4.09. The highest BCUT2D eigenvalue weighted by Crippen LogP contribution is 2.33. The molecule has 0 spiro atoms. The molecule has 5 rings (SSSR count). The number of amides is 1. The first-order chi connectivity index (χ1) is 18.3. The summed E-state index contributed by atoms with van der Waals surface area (Å²) in [5, 5.41) is 17.7. The number of rotatable bonds is 5. The van der Waals surface area contributed by atoms with E-state index in [9.17, 15) is 14.9 Å². The van der Waals surface area contributed by atoms with Crippen LogP contribution in [0.3, 0.4) is 0 Å². The van der Waals surface area contributed by atoms with Gasteiger partial charge in [-0.3, -0.25) is 20.2 Å². The van der Waals surface area contributed by atoms with Gasteiger partial charge < -0.3 is 14.6 Å². The van der Waals surface area contributed by atoms with Crippen LogP contribution >= 0.6 is 23.8 Å². The summed E-state index contributed by atoms with van der Waals surface area (Å²) in [6, 6.07) is 15.3. The Bertz CT molecular complexity index is 1560. The molecule has 0 radical (unpaired) electrons. The van der Waals surface area contributed by atoms with E-state index in [2.05, 4.69) is 15.6 Å². The molecule has 2 N–H and O–H groups in total. The van der Waals surface area contributed by atoms with E-state index in [4.69, 9.17) is 28.2 Å². The number of carbonyl (C=O) groups excluding carboxylic acids is 1. The molecule has 9 nitrogen and oxygen atoms in total. The van der Waals surface area contributed by atoms with E-state index in [1.165, 1.54) is 6.07 Å². The van der Waals surface area contributed by atoms with E-state index < -0.39 is 10.8 Å². The SMILES string of the molecule is Cc1ccc2nc(-c3cc(NC(=S)NC(=O)c4ccc(N5CCCCC5)c([N+](=O)[O-])c4)ccc3Cl)oc2c1. The summed E-state index contributed by atoms with van der Waals surface area (Å²) in [6.45, 7) is 3.48. The van der Waals surface area contributed by atoms with E-state index >= 15 is 0 Å². The van der Waals surface area contributed by atoms with Crippen molar-refractivity contribution in [2.45, 2.75) is 26.2 Å². The average Bonchev–Trinajstić information content (AvgIpc) is 3.32. The summed E-state index contributed by atoms with van der Waals surface area (Å²) in [6.07, 6.45) is 3.08. The van der Waals surface area contributed by atoms with Crippen LogP contribution in [0.2, 0.25) is 5.02 Å². The van der Waals surface area contributed by atoms with Crippen LogP contribution in [0, 0.1) is 17.0 Å². The number of fused-ring (bicyclic) bond motifs is 1. The molecular weight excluding hydrogens is 526 g/mol. The molecular formula is C27H24ClN5O4S. The predicted molar refractivity (Wildman–Crippen MR) is 152 cm³/mol. The summed E-state index contributed by atoms with van der Waals surface area (Å²) in [4.78, 5) is 30.6. The third kappa shape index (κ3) is 5.46. The number of nitro benzene ring substituents is 1. The Morgan fingerprint density at radius 3 is 2.66 bits per heavy atom. The Morgan fingerprint density at radius 2 is 1.89 bits per heavy atom. The van der Waals surface area contributed by atoms with Crippen LogP contribution in [-0.4, -0.2) is 34.0 Å². The highest BCUT2D eigenvalue weighted by molar-refractivity contribution is 7.80. The van der Waals surface area contributed by atoms with Crippen molar-refractivity contribution in [3.63, 3.8) is 0 Å². The van der Waals surface area contributed by atoms with Crippen LogP contribution in [0.5, 0.6) is 0 Å². The van der Waals surface area contributed by atoms with Crippen molar-refractivity contribution in [3.05, 3.63) is 80.9 Å². The van der Waals surface area contributed by atoms with Gasteiger partial charge in [-0.05, 0) is 86.4 Å². The molecule has 38 heavy (non-hydrogen) atoms. The summed E-state index contributed by atoms with van der Waals surface area (Å²) < 4.78 is 5.90. The molecule has 1 aliphatic heterocycles. The lowest BCUT2D eigenvalue weighted by atomic mass is 10.1. The molecule has 3 aromatic carbocycles. The van der Waals surface area contributed by atoms with Crippen molar-refractivity contribution in [3.8, 4) is 11.5 Å². The number of benzene rings is 3. The third-order valence-electron chi connectivity index (χ3n) is 6.36. The lowest BCUT2D eigenvalue weighted by Gasteiger charge is -2.28. The number of nitrogens with zero attached hydrogens (tertiary/aromatic N) is 3.